The Morgan fingerprint density at radius 3 is 2.50 bits per heavy atom. The van der Waals surface area contributed by atoms with Crippen molar-refractivity contribution in [1.29, 1.82) is 0 Å². The summed E-state index contributed by atoms with van der Waals surface area (Å²) in [4.78, 5) is 2.01. The number of para-hydroxylation sites is 1. The van der Waals surface area contributed by atoms with Gasteiger partial charge in [-0.2, -0.15) is 0 Å². The van der Waals surface area contributed by atoms with Crippen molar-refractivity contribution in [3.05, 3.63) is 36.0 Å². The van der Waals surface area contributed by atoms with Crippen LogP contribution in [0.1, 0.15) is 31.6 Å². The summed E-state index contributed by atoms with van der Waals surface area (Å²) in [6, 6.07) is 8.67. The van der Waals surface area contributed by atoms with Gasteiger partial charge in [0.1, 0.15) is 0 Å². The maximum absolute atomic E-state index is 10.3. The predicted octanol–water partition coefficient (Wildman–Crippen LogP) is 2.82. The number of aliphatic hydroxyl groups excluding tert-OH is 1. The van der Waals surface area contributed by atoms with Crippen molar-refractivity contribution in [2.45, 2.75) is 26.0 Å². The molecule has 3 nitrogen and oxygen atoms in total. The molecule has 18 heavy (non-hydrogen) atoms. The second-order valence-corrected chi connectivity index (χ2v) is 5.38. The Hall–Kier alpha value is -1.32. The number of rotatable bonds is 4. The summed E-state index contributed by atoms with van der Waals surface area (Å²) in [6.45, 7) is 4.97. The van der Waals surface area contributed by atoms with Gasteiger partial charge in [0.2, 0.25) is 0 Å². The van der Waals surface area contributed by atoms with E-state index < -0.39 is 6.10 Å². The minimum atomic E-state index is -0.440. The monoisotopic (exact) mass is 246 g/mol. The molecule has 1 aromatic heterocycles. The molecule has 2 rings (SSSR count). The second kappa shape index (κ2) is 5.12. The number of aromatic nitrogens is 1. The lowest BCUT2D eigenvalue weighted by Gasteiger charge is -2.15. The van der Waals surface area contributed by atoms with Crippen LogP contribution in [0.4, 0.5) is 0 Å². The highest BCUT2D eigenvalue weighted by Crippen LogP contribution is 2.29. The molecular formula is C15H22N2O. The fourth-order valence-electron chi connectivity index (χ4n) is 2.37. The summed E-state index contributed by atoms with van der Waals surface area (Å²) in [5.74, 6) is 0. The summed E-state index contributed by atoms with van der Waals surface area (Å²) >= 11 is 0. The van der Waals surface area contributed by atoms with Gasteiger partial charge in [-0.05, 0) is 34.0 Å². The molecule has 1 heterocycles. The van der Waals surface area contributed by atoms with Crippen molar-refractivity contribution in [3.63, 3.8) is 0 Å². The zero-order valence-electron chi connectivity index (χ0n) is 11.6. The van der Waals surface area contributed by atoms with Crippen LogP contribution in [0, 0.1) is 0 Å². The molecule has 98 valence electrons. The van der Waals surface area contributed by atoms with Gasteiger partial charge in [-0.25, -0.2) is 0 Å². The van der Waals surface area contributed by atoms with E-state index in [1.165, 1.54) is 5.52 Å². The van der Waals surface area contributed by atoms with Gasteiger partial charge >= 0.3 is 0 Å². The van der Waals surface area contributed by atoms with Gasteiger partial charge < -0.3 is 14.6 Å². The minimum Gasteiger partial charge on any atom is -0.387 e. The third-order valence-electron chi connectivity index (χ3n) is 3.22. The molecule has 3 heteroatoms. The van der Waals surface area contributed by atoms with Crippen LogP contribution in [0.5, 0.6) is 0 Å². The largest absolute Gasteiger partial charge is 0.387 e. The lowest BCUT2D eigenvalue weighted by Crippen LogP contribution is -2.19. The third-order valence-corrected chi connectivity index (χ3v) is 3.22. The van der Waals surface area contributed by atoms with E-state index >= 15 is 0 Å². The maximum Gasteiger partial charge on any atom is 0.0937 e. The Labute approximate surface area is 109 Å². The maximum atomic E-state index is 10.3. The Morgan fingerprint density at radius 2 is 1.89 bits per heavy atom. The number of benzene rings is 1. The lowest BCUT2D eigenvalue weighted by atomic mass is 10.1. The predicted molar refractivity (Wildman–Crippen MR) is 75.8 cm³/mol. The van der Waals surface area contributed by atoms with Crippen LogP contribution in [-0.2, 0) is 0 Å². The number of hydrogen-bond acceptors (Lipinski definition) is 2. The van der Waals surface area contributed by atoms with Crippen LogP contribution in [0.3, 0.4) is 0 Å². The van der Waals surface area contributed by atoms with Gasteiger partial charge in [0.15, 0.2) is 0 Å². The van der Waals surface area contributed by atoms with E-state index in [0.717, 1.165) is 10.9 Å². The Kier molecular flexibility index (Phi) is 3.73. The molecule has 1 atom stereocenters. The molecule has 0 aliphatic heterocycles. The molecule has 0 aliphatic carbocycles. The molecule has 0 spiro atoms. The average Bonchev–Trinajstić information content (AvgIpc) is 2.67. The van der Waals surface area contributed by atoms with Gasteiger partial charge in [-0.3, -0.25) is 0 Å². The van der Waals surface area contributed by atoms with Crippen LogP contribution in [0.25, 0.3) is 10.9 Å². The van der Waals surface area contributed by atoms with Crippen molar-refractivity contribution in [3.8, 4) is 0 Å². The topological polar surface area (TPSA) is 28.4 Å². The standard InChI is InChI=1S/C15H22N2O/c1-11(2)17-9-13(15(18)10-16(3)4)12-7-5-6-8-14(12)17/h5-9,11,15,18H,10H2,1-4H3/t15-/m1/s1. The fraction of sp³-hybridized carbons (Fsp3) is 0.467. The molecule has 0 unspecified atom stereocenters. The lowest BCUT2D eigenvalue weighted by molar-refractivity contribution is 0.139. The van der Waals surface area contributed by atoms with E-state index in [2.05, 4.69) is 36.7 Å². The quantitative estimate of drug-likeness (QED) is 0.898. The fourth-order valence-corrected chi connectivity index (χ4v) is 2.37. The van der Waals surface area contributed by atoms with Crippen molar-refractivity contribution in [2.24, 2.45) is 0 Å². The highest BCUT2D eigenvalue weighted by molar-refractivity contribution is 5.84. The Balaban J connectivity index is 2.51. The average molecular weight is 246 g/mol. The molecule has 2 aromatic rings. The first kappa shape index (κ1) is 13.1. The molecule has 0 fully saturated rings. The first-order chi connectivity index (χ1) is 8.50. The van der Waals surface area contributed by atoms with Crippen molar-refractivity contribution < 1.29 is 5.11 Å². The van der Waals surface area contributed by atoms with E-state index in [4.69, 9.17) is 0 Å². The van der Waals surface area contributed by atoms with Crippen LogP contribution < -0.4 is 0 Å². The van der Waals surface area contributed by atoms with Crippen LogP contribution >= 0.6 is 0 Å². The smallest absolute Gasteiger partial charge is 0.0937 e. The zero-order valence-corrected chi connectivity index (χ0v) is 11.6. The number of aliphatic hydroxyl groups is 1. The second-order valence-electron chi connectivity index (χ2n) is 5.38. The number of likely N-dealkylation sites (N-methyl/N-ethyl adjacent to an activating group) is 1. The third kappa shape index (κ3) is 2.42. The van der Waals surface area contributed by atoms with E-state index in [9.17, 15) is 5.11 Å². The van der Waals surface area contributed by atoms with Crippen molar-refractivity contribution >= 4 is 10.9 Å². The molecule has 1 aromatic carbocycles. The zero-order chi connectivity index (χ0) is 13.3. The van der Waals surface area contributed by atoms with Gasteiger partial charge in [-0.1, -0.05) is 18.2 Å². The SMILES string of the molecule is CC(C)n1cc([C@H](O)CN(C)C)c2ccccc21. The summed E-state index contributed by atoms with van der Waals surface area (Å²) in [5.41, 5.74) is 2.22. The van der Waals surface area contributed by atoms with Crippen LogP contribution in [0.2, 0.25) is 0 Å². The first-order valence-corrected chi connectivity index (χ1v) is 6.43. The van der Waals surface area contributed by atoms with Gasteiger partial charge in [0, 0.05) is 35.2 Å². The van der Waals surface area contributed by atoms with E-state index in [1.807, 2.05) is 31.1 Å². The normalized spacial score (nSPS) is 13.7. The molecule has 1 N–H and O–H groups in total. The molecule has 0 saturated heterocycles. The molecule has 0 radical (unpaired) electrons. The van der Waals surface area contributed by atoms with Gasteiger partial charge in [-0.15, -0.1) is 0 Å². The molecule has 0 saturated carbocycles. The van der Waals surface area contributed by atoms with Gasteiger partial charge in [0.25, 0.3) is 0 Å². The Morgan fingerprint density at radius 1 is 1.22 bits per heavy atom. The molecule has 0 amide bonds. The summed E-state index contributed by atoms with van der Waals surface area (Å²) < 4.78 is 2.23. The van der Waals surface area contributed by atoms with E-state index in [1.54, 1.807) is 0 Å². The first-order valence-electron chi connectivity index (χ1n) is 6.43. The van der Waals surface area contributed by atoms with Crippen molar-refractivity contribution in [2.75, 3.05) is 20.6 Å². The van der Waals surface area contributed by atoms with E-state index in [-0.39, 0.29) is 0 Å². The van der Waals surface area contributed by atoms with Crippen LogP contribution in [-0.4, -0.2) is 35.2 Å². The summed E-state index contributed by atoms with van der Waals surface area (Å²) in [5, 5.41) is 11.5. The molecule has 0 aliphatic rings. The summed E-state index contributed by atoms with van der Waals surface area (Å²) in [6.07, 6.45) is 1.65. The molecule has 0 bridgehead atoms. The highest BCUT2D eigenvalue weighted by Gasteiger charge is 2.16. The minimum absolute atomic E-state index is 0.398. The van der Waals surface area contributed by atoms with Crippen LogP contribution in [0.15, 0.2) is 30.5 Å². The number of fused-ring (bicyclic) bond motifs is 1. The van der Waals surface area contributed by atoms with Gasteiger partial charge in [0.05, 0.1) is 6.10 Å². The highest BCUT2D eigenvalue weighted by atomic mass is 16.3. The number of nitrogens with zero attached hydrogens (tertiary/aromatic N) is 2. The van der Waals surface area contributed by atoms with Crippen molar-refractivity contribution in [1.82, 2.24) is 9.47 Å². The van der Waals surface area contributed by atoms with E-state index in [0.29, 0.717) is 12.6 Å². The Bertz CT molecular complexity index is 528. The number of hydrogen-bond donors (Lipinski definition) is 1. The summed E-state index contributed by atoms with van der Waals surface area (Å²) in [7, 11) is 3.95. The molecular weight excluding hydrogens is 224 g/mol.